The average Bonchev–Trinajstić information content (AvgIpc) is 2.58. The Bertz CT molecular complexity index is 983. The molecule has 0 unspecified atom stereocenters. The third-order valence-electron chi connectivity index (χ3n) is 4.00. The number of benzene rings is 2. The highest BCUT2D eigenvalue weighted by Crippen LogP contribution is 2.18. The molecule has 1 amide bonds. The van der Waals surface area contributed by atoms with E-state index in [0.717, 1.165) is 10.0 Å². The minimum atomic E-state index is -0.312. The number of halogens is 2. The van der Waals surface area contributed by atoms with Crippen LogP contribution in [0.3, 0.4) is 0 Å². The van der Waals surface area contributed by atoms with Crippen molar-refractivity contribution in [1.29, 1.82) is 0 Å². The molecule has 1 N–H and O–H groups in total. The molecule has 0 radical (unpaired) electrons. The summed E-state index contributed by atoms with van der Waals surface area (Å²) in [7, 11) is 0. The molecule has 128 valence electrons. The molecule has 0 aliphatic rings. The van der Waals surface area contributed by atoms with Crippen LogP contribution in [-0.2, 0) is 11.3 Å². The molecule has 3 aromatic rings. The summed E-state index contributed by atoms with van der Waals surface area (Å²) in [6.45, 7) is 1.92. The van der Waals surface area contributed by atoms with E-state index in [1.165, 1.54) is 18.2 Å². The fraction of sp³-hybridized carbons (Fsp3) is 0.158. The molecule has 1 heterocycles. The van der Waals surface area contributed by atoms with Crippen LogP contribution in [0.15, 0.2) is 64.0 Å². The highest BCUT2D eigenvalue weighted by Gasteiger charge is 2.12. The Balaban J connectivity index is 1.80. The van der Waals surface area contributed by atoms with Crippen LogP contribution >= 0.6 is 15.9 Å². The Morgan fingerprint density at radius 1 is 1.20 bits per heavy atom. The summed E-state index contributed by atoms with van der Waals surface area (Å²) >= 11 is 3.39. The lowest BCUT2D eigenvalue weighted by Gasteiger charge is -2.16. The maximum absolute atomic E-state index is 13.0. The molecule has 0 aliphatic heterocycles. The van der Waals surface area contributed by atoms with E-state index < -0.39 is 0 Å². The van der Waals surface area contributed by atoms with E-state index in [2.05, 4.69) is 21.2 Å². The van der Waals surface area contributed by atoms with Gasteiger partial charge in [0.1, 0.15) is 12.4 Å². The maximum Gasteiger partial charge on any atom is 0.240 e. The number of carbonyl (C=O) groups excluding carboxylic acids is 1. The summed E-state index contributed by atoms with van der Waals surface area (Å²) in [5.41, 5.74) is 1.42. The van der Waals surface area contributed by atoms with Crippen LogP contribution in [0.2, 0.25) is 0 Å². The Labute approximate surface area is 152 Å². The number of hydrogen-bond donors (Lipinski definition) is 1. The number of pyridine rings is 1. The monoisotopic (exact) mass is 402 g/mol. The van der Waals surface area contributed by atoms with Crippen molar-refractivity contribution in [2.24, 2.45) is 0 Å². The highest BCUT2D eigenvalue weighted by molar-refractivity contribution is 9.10. The Morgan fingerprint density at radius 3 is 2.64 bits per heavy atom. The summed E-state index contributed by atoms with van der Waals surface area (Å²) < 4.78 is 15.6. The molecule has 1 aromatic heterocycles. The zero-order chi connectivity index (χ0) is 18.0. The highest BCUT2D eigenvalue weighted by atomic mass is 79.9. The molecule has 4 nitrogen and oxygen atoms in total. The van der Waals surface area contributed by atoms with Gasteiger partial charge < -0.3 is 9.88 Å². The minimum Gasteiger partial charge on any atom is -0.348 e. The number of aromatic nitrogens is 1. The van der Waals surface area contributed by atoms with Crippen molar-refractivity contribution >= 4 is 32.7 Å². The van der Waals surface area contributed by atoms with Gasteiger partial charge in [-0.3, -0.25) is 9.59 Å². The van der Waals surface area contributed by atoms with Crippen LogP contribution in [0.1, 0.15) is 18.5 Å². The third kappa shape index (κ3) is 3.96. The number of fused-ring (bicyclic) bond motifs is 1. The molecular weight excluding hydrogens is 387 g/mol. The number of nitrogens with zero attached hydrogens (tertiary/aromatic N) is 1. The largest absolute Gasteiger partial charge is 0.348 e. The van der Waals surface area contributed by atoms with E-state index in [1.54, 1.807) is 35.0 Å². The molecular formula is C19H16BrFN2O2. The molecule has 0 saturated heterocycles. The normalized spacial score (nSPS) is 12.1. The van der Waals surface area contributed by atoms with E-state index in [4.69, 9.17) is 0 Å². The first-order chi connectivity index (χ1) is 11.9. The molecule has 6 heteroatoms. The first-order valence-corrected chi connectivity index (χ1v) is 8.57. The van der Waals surface area contributed by atoms with E-state index in [0.29, 0.717) is 10.9 Å². The van der Waals surface area contributed by atoms with Crippen LogP contribution in [0.25, 0.3) is 10.9 Å². The zero-order valence-corrected chi connectivity index (χ0v) is 15.1. The molecule has 0 fully saturated rings. The topological polar surface area (TPSA) is 51.1 Å². The van der Waals surface area contributed by atoms with Crippen molar-refractivity contribution in [2.75, 3.05) is 0 Å². The van der Waals surface area contributed by atoms with Gasteiger partial charge in [0.25, 0.3) is 0 Å². The van der Waals surface area contributed by atoms with Crippen molar-refractivity contribution in [2.45, 2.75) is 19.5 Å². The lowest BCUT2D eigenvalue weighted by atomic mass is 10.1. The van der Waals surface area contributed by atoms with Crippen LogP contribution in [0, 0.1) is 5.82 Å². The number of nitrogens with one attached hydrogen (secondary N) is 1. The average molecular weight is 403 g/mol. The van der Waals surface area contributed by atoms with Crippen molar-refractivity contribution in [1.82, 2.24) is 9.88 Å². The van der Waals surface area contributed by atoms with Gasteiger partial charge in [0, 0.05) is 22.1 Å². The summed E-state index contributed by atoms with van der Waals surface area (Å²) in [6.07, 6.45) is 1.61. The maximum atomic E-state index is 13.0. The number of carbonyl (C=O) groups is 1. The molecule has 0 bridgehead atoms. The summed E-state index contributed by atoms with van der Waals surface area (Å²) in [5.74, 6) is -0.505. The Morgan fingerprint density at radius 2 is 1.92 bits per heavy atom. The van der Waals surface area contributed by atoms with E-state index >= 15 is 0 Å². The lowest BCUT2D eigenvalue weighted by molar-refractivity contribution is -0.122. The molecule has 2 aromatic carbocycles. The van der Waals surface area contributed by atoms with Gasteiger partial charge in [-0.25, -0.2) is 4.39 Å². The number of hydrogen-bond acceptors (Lipinski definition) is 2. The second-order valence-electron chi connectivity index (χ2n) is 5.81. The van der Waals surface area contributed by atoms with Gasteiger partial charge in [0.2, 0.25) is 5.91 Å². The van der Waals surface area contributed by atoms with Crippen molar-refractivity contribution < 1.29 is 9.18 Å². The minimum absolute atomic E-state index is 0.0821. The van der Waals surface area contributed by atoms with E-state index in [1.807, 2.05) is 13.0 Å². The lowest BCUT2D eigenvalue weighted by Crippen LogP contribution is -2.30. The van der Waals surface area contributed by atoms with Gasteiger partial charge in [0.05, 0.1) is 11.6 Å². The Hall–Kier alpha value is -2.47. The van der Waals surface area contributed by atoms with Gasteiger partial charge in [-0.2, -0.15) is 0 Å². The first kappa shape index (κ1) is 17.4. The van der Waals surface area contributed by atoms with Gasteiger partial charge in [-0.1, -0.05) is 28.1 Å². The summed E-state index contributed by atoms with van der Waals surface area (Å²) in [4.78, 5) is 24.3. The van der Waals surface area contributed by atoms with Crippen LogP contribution in [0.5, 0.6) is 0 Å². The van der Waals surface area contributed by atoms with E-state index in [-0.39, 0.29) is 29.7 Å². The van der Waals surface area contributed by atoms with Gasteiger partial charge in [-0.15, -0.1) is 0 Å². The SMILES string of the molecule is C[C@@H](NC(=O)Cn1ccc(=O)c2ccc(Br)cc21)c1ccc(F)cc1. The molecule has 0 aliphatic carbocycles. The Kier molecular flexibility index (Phi) is 4.99. The summed E-state index contributed by atoms with van der Waals surface area (Å²) in [5, 5.41) is 3.45. The number of rotatable bonds is 4. The van der Waals surface area contributed by atoms with E-state index in [9.17, 15) is 14.0 Å². The molecule has 3 rings (SSSR count). The summed E-state index contributed by atoms with van der Waals surface area (Å²) in [6, 6.07) is 12.6. The van der Waals surface area contributed by atoms with Crippen molar-refractivity contribution in [3.05, 3.63) is 80.8 Å². The van der Waals surface area contributed by atoms with Crippen molar-refractivity contribution in [3.8, 4) is 0 Å². The van der Waals surface area contributed by atoms with Gasteiger partial charge in [-0.05, 0) is 42.8 Å². The first-order valence-electron chi connectivity index (χ1n) is 7.77. The second kappa shape index (κ2) is 7.19. The second-order valence-corrected chi connectivity index (χ2v) is 6.73. The predicted molar refractivity (Wildman–Crippen MR) is 98.9 cm³/mol. The smallest absolute Gasteiger partial charge is 0.240 e. The van der Waals surface area contributed by atoms with Crippen LogP contribution in [-0.4, -0.2) is 10.5 Å². The standard InChI is InChI=1S/C19H16BrFN2O2/c1-12(13-2-5-15(21)6-3-13)22-19(25)11-23-9-8-18(24)16-7-4-14(20)10-17(16)23/h2-10,12H,11H2,1H3,(H,22,25)/t12-/m1/s1. The van der Waals surface area contributed by atoms with Crippen LogP contribution in [0.4, 0.5) is 4.39 Å². The van der Waals surface area contributed by atoms with Gasteiger partial charge in [0.15, 0.2) is 5.43 Å². The molecule has 25 heavy (non-hydrogen) atoms. The molecule has 1 atom stereocenters. The molecule has 0 saturated carbocycles. The van der Waals surface area contributed by atoms with Gasteiger partial charge >= 0.3 is 0 Å². The van der Waals surface area contributed by atoms with Crippen LogP contribution < -0.4 is 10.7 Å². The van der Waals surface area contributed by atoms with Crippen molar-refractivity contribution in [3.63, 3.8) is 0 Å². The fourth-order valence-electron chi connectivity index (χ4n) is 2.69. The fourth-order valence-corrected chi connectivity index (χ4v) is 3.04. The zero-order valence-electron chi connectivity index (χ0n) is 13.5. The third-order valence-corrected chi connectivity index (χ3v) is 4.50. The molecule has 0 spiro atoms. The quantitative estimate of drug-likeness (QED) is 0.721. The predicted octanol–water partition coefficient (Wildman–Crippen LogP) is 3.78. The number of amides is 1.